The first kappa shape index (κ1) is 17.4. The van der Waals surface area contributed by atoms with Crippen LogP contribution in [0.3, 0.4) is 0 Å². The van der Waals surface area contributed by atoms with Crippen LogP contribution in [0.1, 0.15) is 12.8 Å². The molecule has 1 aromatic heterocycles. The van der Waals surface area contributed by atoms with Gasteiger partial charge >= 0.3 is 5.97 Å². The van der Waals surface area contributed by atoms with Crippen molar-refractivity contribution in [3.63, 3.8) is 0 Å². The van der Waals surface area contributed by atoms with Gasteiger partial charge in [0.2, 0.25) is 0 Å². The van der Waals surface area contributed by atoms with E-state index in [0.29, 0.717) is 6.54 Å². The fourth-order valence-electron chi connectivity index (χ4n) is 4.88. The third kappa shape index (κ3) is 2.78. The number of benzene rings is 2. The Bertz CT molecular complexity index is 906. The molecule has 4 nitrogen and oxygen atoms in total. The van der Waals surface area contributed by atoms with Gasteiger partial charge in [-0.1, -0.05) is 36.4 Å². The number of rotatable bonds is 2. The molecule has 0 bridgehead atoms. The Hall–Kier alpha value is -2.04. The van der Waals surface area contributed by atoms with Crippen molar-refractivity contribution in [3.8, 4) is 0 Å². The SMILES string of the molecule is O=C1C[N+]2(CCCC2)CC(Cn2c3ccccc3c3ccccc32)O1.[Cl-]. The van der Waals surface area contributed by atoms with E-state index in [9.17, 15) is 4.79 Å². The number of para-hydroxylation sites is 2. The molecular formula is C21H23ClN2O2. The van der Waals surface area contributed by atoms with Gasteiger partial charge in [-0.3, -0.25) is 0 Å². The van der Waals surface area contributed by atoms with Crippen LogP contribution in [0.15, 0.2) is 48.5 Å². The predicted molar refractivity (Wildman–Crippen MR) is 98.3 cm³/mol. The molecule has 0 saturated carbocycles. The minimum atomic E-state index is -0.0430. The van der Waals surface area contributed by atoms with Gasteiger partial charge < -0.3 is 26.2 Å². The Labute approximate surface area is 159 Å². The molecule has 26 heavy (non-hydrogen) atoms. The largest absolute Gasteiger partial charge is 1.00 e. The average molecular weight is 371 g/mol. The molecular weight excluding hydrogens is 348 g/mol. The second-order valence-corrected chi connectivity index (χ2v) is 7.59. The van der Waals surface area contributed by atoms with Gasteiger partial charge in [0, 0.05) is 34.6 Å². The molecule has 2 aliphatic heterocycles. The number of ether oxygens (including phenoxy) is 1. The molecule has 2 aliphatic rings. The summed E-state index contributed by atoms with van der Waals surface area (Å²) in [4.78, 5) is 12.2. The zero-order chi connectivity index (χ0) is 16.9. The summed E-state index contributed by atoms with van der Waals surface area (Å²) < 4.78 is 9.03. The first-order valence-corrected chi connectivity index (χ1v) is 9.25. The van der Waals surface area contributed by atoms with Gasteiger partial charge in [0.15, 0.2) is 12.6 Å². The number of cyclic esters (lactones) is 1. The summed E-state index contributed by atoms with van der Waals surface area (Å²) in [5.74, 6) is -0.0288. The number of esters is 1. The number of fused-ring (bicyclic) bond motifs is 3. The topological polar surface area (TPSA) is 31.2 Å². The number of nitrogens with zero attached hydrogens (tertiary/aromatic N) is 2. The van der Waals surface area contributed by atoms with Gasteiger partial charge in [0.25, 0.3) is 0 Å². The lowest BCUT2D eigenvalue weighted by Crippen LogP contribution is -3.00. The number of aromatic nitrogens is 1. The summed E-state index contributed by atoms with van der Waals surface area (Å²) in [5.41, 5.74) is 2.44. The van der Waals surface area contributed by atoms with Crippen molar-refractivity contribution in [1.29, 1.82) is 0 Å². The van der Waals surface area contributed by atoms with E-state index >= 15 is 0 Å². The molecule has 1 unspecified atom stereocenters. The fourth-order valence-corrected chi connectivity index (χ4v) is 4.88. The monoisotopic (exact) mass is 370 g/mol. The Morgan fingerprint density at radius 2 is 1.54 bits per heavy atom. The molecule has 2 fully saturated rings. The summed E-state index contributed by atoms with van der Waals surface area (Å²) in [6, 6.07) is 17.0. The van der Waals surface area contributed by atoms with Crippen LogP contribution in [0.5, 0.6) is 0 Å². The highest BCUT2D eigenvalue weighted by atomic mass is 35.5. The van der Waals surface area contributed by atoms with E-state index in [-0.39, 0.29) is 24.5 Å². The molecule has 0 aliphatic carbocycles. The molecule has 2 saturated heterocycles. The summed E-state index contributed by atoms with van der Waals surface area (Å²) in [7, 11) is 0. The summed E-state index contributed by atoms with van der Waals surface area (Å²) in [5, 5.41) is 2.54. The van der Waals surface area contributed by atoms with Crippen molar-refractivity contribution < 1.29 is 26.4 Å². The van der Waals surface area contributed by atoms with Crippen molar-refractivity contribution >= 4 is 27.8 Å². The first-order valence-electron chi connectivity index (χ1n) is 9.25. The van der Waals surface area contributed by atoms with Gasteiger partial charge in [0.05, 0.1) is 19.6 Å². The van der Waals surface area contributed by atoms with Gasteiger partial charge in [-0.05, 0) is 12.1 Å². The van der Waals surface area contributed by atoms with Gasteiger partial charge in [-0.15, -0.1) is 0 Å². The van der Waals surface area contributed by atoms with Crippen LogP contribution in [-0.4, -0.2) is 47.3 Å². The molecule has 1 spiro atoms. The first-order chi connectivity index (χ1) is 12.2. The normalized spacial score (nSPS) is 21.8. The van der Waals surface area contributed by atoms with Crippen molar-refractivity contribution in [2.45, 2.75) is 25.5 Å². The van der Waals surface area contributed by atoms with Gasteiger partial charge in [-0.25, -0.2) is 4.79 Å². The molecule has 5 rings (SSSR count). The quantitative estimate of drug-likeness (QED) is 0.481. The zero-order valence-electron chi connectivity index (χ0n) is 14.7. The van der Waals surface area contributed by atoms with Crippen LogP contribution in [-0.2, 0) is 16.1 Å². The van der Waals surface area contributed by atoms with Crippen LogP contribution in [0.4, 0.5) is 0 Å². The number of hydrogen-bond donors (Lipinski definition) is 0. The number of carbonyl (C=O) groups is 1. The third-order valence-electron chi connectivity index (χ3n) is 5.93. The van der Waals surface area contributed by atoms with E-state index in [1.165, 1.54) is 34.6 Å². The van der Waals surface area contributed by atoms with Crippen molar-refractivity contribution in [3.05, 3.63) is 48.5 Å². The molecule has 0 amide bonds. The van der Waals surface area contributed by atoms with E-state index in [4.69, 9.17) is 4.74 Å². The lowest BCUT2D eigenvalue weighted by molar-refractivity contribution is -0.917. The average Bonchev–Trinajstić information content (AvgIpc) is 3.18. The molecule has 5 heteroatoms. The Balaban J connectivity index is 0.00000168. The minimum Gasteiger partial charge on any atom is -1.00 e. The number of carbonyl (C=O) groups excluding carboxylic acids is 1. The number of morpholine rings is 1. The zero-order valence-corrected chi connectivity index (χ0v) is 15.5. The second-order valence-electron chi connectivity index (χ2n) is 7.59. The van der Waals surface area contributed by atoms with Crippen molar-refractivity contribution in [1.82, 2.24) is 4.57 Å². The summed E-state index contributed by atoms with van der Waals surface area (Å²) in [6.07, 6.45) is 2.42. The van der Waals surface area contributed by atoms with E-state index in [2.05, 4.69) is 53.1 Å². The standard InChI is InChI=1S/C21H23N2O2.ClH/c24-21-15-23(11-5-6-12-23)14-16(25-21)13-22-19-9-3-1-7-17(19)18-8-2-4-10-20(18)22;/h1-4,7-10,16H,5-6,11-15H2;1H/q+1;/p-1. The van der Waals surface area contributed by atoms with Crippen molar-refractivity contribution in [2.75, 3.05) is 26.2 Å². The second kappa shape index (κ2) is 6.60. The van der Waals surface area contributed by atoms with Crippen LogP contribution in [0, 0.1) is 0 Å². The van der Waals surface area contributed by atoms with Crippen LogP contribution >= 0.6 is 0 Å². The molecule has 0 N–H and O–H groups in total. The van der Waals surface area contributed by atoms with E-state index in [0.717, 1.165) is 30.7 Å². The highest BCUT2D eigenvalue weighted by Gasteiger charge is 2.42. The number of hydrogen-bond acceptors (Lipinski definition) is 2. The number of quaternary nitrogens is 1. The molecule has 1 atom stereocenters. The third-order valence-corrected chi connectivity index (χ3v) is 5.93. The molecule has 136 valence electrons. The Morgan fingerprint density at radius 1 is 0.962 bits per heavy atom. The maximum absolute atomic E-state index is 12.2. The predicted octanol–water partition coefficient (Wildman–Crippen LogP) is 0.335. The van der Waals surface area contributed by atoms with Crippen molar-refractivity contribution in [2.24, 2.45) is 0 Å². The molecule has 3 heterocycles. The summed E-state index contributed by atoms with van der Waals surface area (Å²) in [6.45, 7) is 4.49. The maximum Gasteiger partial charge on any atom is 0.362 e. The molecule has 2 aromatic carbocycles. The fraction of sp³-hybridized carbons (Fsp3) is 0.381. The minimum absolute atomic E-state index is 0. The number of halogens is 1. The van der Waals surface area contributed by atoms with E-state index < -0.39 is 0 Å². The van der Waals surface area contributed by atoms with Crippen LogP contribution in [0.2, 0.25) is 0 Å². The van der Waals surface area contributed by atoms with E-state index in [1.54, 1.807) is 0 Å². The Kier molecular flexibility index (Phi) is 4.41. The summed E-state index contributed by atoms with van der Waals surface area (Å²) >= 11 is 0. The molecule has 0 radical (unpaired) electrons. The highest BCUT2D eigenvalue weighted by Crippen LogP contribution is 2.31. The van der Waals surface area contributed by atoms with Crippen LogP contribution < -0.4 is 12.4 Å². The van der Waals surface area contributed by atoms with Gasteiger partial charge in [0.1, 0.15) is 6.54 Å². The molecule has 3 aromatic rings. The van der Waals surface area contributed by atoms with Crippen LogP contribution in [0.25, 0.3) is 21.8 Å². The van der Waals surface area contributed by atoms with E-state index in [1.807, 2.05) is 0 Å². The lowest BCUT2D eigenvalue weighted by atomic mass is 10.2. The lowest BCUT2D eigenvalue weighted by Gasteiger charge is -2.40. The maximum atomic E-state index is 12.2. The smallest absolute Gasteiger partial charge is 0.362 e. The Morgan fingerprint density at radius 3 is 2.15 bits per heavy atom. The highest BCUT2D eigenvalue weighted by molar-refractivity contribution is 6.07. The van der Waals surface area contributed by atoms with Gasteiger partial charge in [-0.2, -0.15) is 0 Å².